The van der Waals surface area contributed by atoms with Crippen LogP contribution in [0.3, 0.4) is 0 Å². The third kappa shape index (κ3) is 3.46. The van der Waals surface area contributed by atoms with Gasteiger partial charge in [0.1, 0.15) is 0 Å². The Balaban J connectivity index is 1.49. The van der Waals surface area contributed by atoms with Crippen LogP contribution in [0.4, 0.5) is 0 Å². The van der Waals surface area contributed by atoms with E-state index in [0.29, 0.717) is 11.8 Å². The van der Waals surface area contributed by atoms with Crippen LogP contribution in [-0.2, 0) is 9.53 Å². The molecular weight excluding hydrogens is 204 g/mol. The van der Waals surface area contributed by atoms with E-state index in [0.717, 1.165) is 52.2 Å². The first-order valence-electron chi connectivity index (χ1n) is 6.35. The normalized spacial score (nSPS) is 30.1. The number of morpholine rings is 1. The van der Waals surface area contributed by atoms with Gasteiger partial charge in [0.25, 0.3) is 0 Å². The molecule has 1 N–H and O–H groups in total. The number of hydrogen-bond donors (Lipinski definition) is 1. The highest BCUT2D eigenvalue weighted by atomic mass is 16.5. The van der Waals surface area contributed by atoms with E-state index in [1.807, 2.05) is 0 Å². The largest absolute Gasteiger partial charge is 0.379 e. The highest BCUT2D eigenvalue weighted by Crippen LogP contribution is 2.37. The van der Waals surface area contributed by atoms with Gasteiger partial charge in [0, 0.05) is 25.6 Å². The Morgan fingerprint density at radius 1 is 1.44 bits per heavy atom. The van der Waals surface area contributed by atoms with Crippen molar-refractivity contribution in [3.63, 3.8) is 0 Å². The van der Waals surface area contributed by atoms with Crippen molar-refractivity contribution in [1.29, 1.82) is 0 Å². The molecule has 2 fully saturated rings. The Morgan fingerprint density at radius 2 is 2.12 bits per heavy atom. The molecule has 2 atom stereocenters. The van der Waals surface area contributed by atoms with Crippen molar-refractivity contribution < 1.29 is 9.53 Å². The number of carbonyl (C=O) groups is 1. The first-order valence-corrected chi connectivity index (χ1v) is 6.35. The van der Waals surface area contributed by atoms with E-state index >= 15 is 0 Å². The van der Waals surface area contributed by atoms with Gasteiger partial charge in [-0.05, 0) is 25.3 Å². The van der Waals surface area contributed by atoms with Gasteiger partial charge in [-0.3, -0.25) is 9.69 Å². The second-order valence-electron chi connectivity index (χ2n) is 4.92. The summed E-state index contributed by atoms with van der Waals surface area (Å²) in [4.78, 5) is 13.9. The molecular formula is C12H22N2O2. The zero-order valence-corrected chi connectivity index (χ0v) is 10.1. The van der Waals surface area contributed by atoms with Crippen molar-refractivity contribution in [3.8, 4) is 0 Å². The number of hydrogen-bond acceptors (Lipinski definition) is 3. The molecule has 0 spiro atoms. The molecule has 2 aliphatic rings. The van der Waals surface area contributed by atoms with Crippen LogP contribution in [0.2, 0.25) is 0 Å². The predicted octanol–water partition coefficient (Wildman–Crippen LogP) is 0.481. The zero-order chi connectivity index (χ0) is 11.4. The van der Waals surface area contributed by atoms with E-state index in [1.165, 1.54) is 0 Å². The minimum absolute atomic E-state index is 0.259. The van der Waals surface area contributed by atoms with Crippen LogP contribution in [-0.4, -0.2) is 50.2 Å². The first-order chi connectivity index (χ1) is 7.77. The molecule has 4 nitrogen and oxygen atoms in total. The third-order valence-corrected chi connectivity index (χ3v) is 3.50. The average molecular weight is 226 g/mol. The number of rotatable bonds is 5. The molecule has 1 heterocycles. The summed E-state index contributed by atoms with van der Waals surface area (Å²) in [6.45, 7) is 7.81. The molecule has 1 aliphatic carbocycles. The summed E-state index contributed by atoms with van der Waals surface area (Å²) >= 11 is 0. The Hall–Kier alpha value is -0.610. The molecule has 0 aromatic heterocycles. The fraction of sp³-hybridized carbons (Fsp3) is 0.917. The lowest BCUT2D eigenvalue weighted by molar-refractivity contribution is -0.122. The number of ether oxygens (including phenoxy) is 1. The van der Waals surface area contributed by atoms with Crippen LogP contribution in [0.25, 0.3) is 0 Å². The Bertz CT molecular complexity index is 239. The van der Waals surface area contributed by atoms with E-state index in [-0.39, 0.29) is 5.91 Å². The minimum atomic E-state index is 0.259. The van der Waals surface area contributed by atoms with Gasteiger partial charge in [-0.25, -0.2) is 0 Å². The molecule has 0 radical (unpaired) electrons. The summed E-state index contributed by atoms with van der Waals surface area (Å²) in [7, 11) is 0. The lowest BCUT2D eigenvalue weighted by atomic mass is 10.3. The lowest BCUT2D eigenvalue weighted by Gasteiger charge is -2.26. The SMILES string of the molecule is C[C@@H]1C[C@H]1C(=O)NCCCN1CCOCC1. The first kappa shape index (κ1) is 11.9. The van der Waals surface area contributed by atoms with Crippen molar-refractivity contribution in [2.45, 2.75) is 19.8 Å². The van der Waals surface area contributed by atoms with Gasteiger partial charge in [-0.1, -0.05) is 6.92 Å². The maximum absolute atomic E-state index is 11.5. The van der Waals surface area contributed by atoms with E-state index in [9.17, 15) is 4.79 Å². The van der Waals surface area contributed by atoms with Crippen LogP contribution < -0.4 is 5.32 Å². The summed E-state index contributed by atoms with van der Waals surface area (Å²) in [5.41, 5.74) is 0. The molecule has 0 aromatic rings. The minimum Gasteiger partial charge on any atom is -0.379 e. The second-order valence-corrected chi connectivity index (χ2v) is 4.92. The number of amides is 1. The van der Waals surface area contributed by atoms with Gasteiger partial charge >= 0.3 is 0 Å². The summed E-state index contributed by atoms with van der Waals surface area (Å²) in [6, 6.07) is 0. The Labute approximate surface area is 97.3 Å². The highest BCUT2D eigenvalue weighted by molar-refractivity contribution is 5.81. The molecule has 1 saturated carbocycles. The quantitative estimate of drug-likeness (QED) is 0.693. The molecule has 1 amide bonds. The van der Waals surface area contributed by atoms with Gasteiger partial charge in [-0.2, -0.15) is 0 Å². The zero-order valence-electron chi connectivity index (χ0n) is 10.1. The highest BCUT2D eigenvalue weighted by Gasteiger charge is 2.38. The maximum atomic E-state index is 11.5. The smallest absolute Gasteiger partial charge is 0.223 e. The van der Waals surface area contributed by atoms with Crippen molar-refractivity contribution in [2.75, 3.05) is 39.4 Å². The van der Waals surface area contributed by atoms with Crippen LogP contribution in [0.15, 0.2) is 0 Å². The molecule has 0 unspecified atom stereocenters. The summed E-state index contributed by atoms with van der Waals surface area (Å²) in [5, 5.41) is 3.02. The Morgan fingerprint density at radius 3 is 2.75 bits per heavy atom. The third-order valence-electron chi connectivity index (χ3n) is 3.50. The molecule has 92 valence electrons. The number of nitrogens with one attached hydrogen (secondary N) is 1. The topological polar surface area (TPSA) is 41.6 Å². The molecule has 1 aliphatic heterocycles. The second kappa shape index (κ2) is 5.64. The molecule has 0 aromatic carbocycles. The number of nitrogens with zero attached hydrogens (tertiary/aromatic N) is 1. The predicted molar refractivity (Wildman–Crippen MR) is 62.2 cm³/mol. The van der Waals surface area contributed by atoms with E-state index in [1.54, 1.807) is 0 Å². The van der Waals surface area contributed by atoms with E-state index < -0.39 is 0 Å². The fourth-order valence-electron chi connectivity index (χ4n) is 2.16. The fourth-order valence-corrected chi connectivity index (χ4v) is 2.16. The molecule has 1 saturated heterocycles. The molecule has 2 rings (SSSR count). The van der Waals surface area contributed by atoms with Gasteiger partial charge in [-0.15, -0.1) is 0 Å². The van der Waals surface area contributed by atoms with Crippen LogP contribution >= 0.6 is 0 Å². The van der Waals surface area contributed by atoms with E-state index in [4.69, 9.17) is 4.74 Å². The molecule has 0 bridgehead atoms. The standard InChI is InChI=1S/C12H22N2O2/c1-10-9-11(10)12(15)13-3-2-4-14-5-7-16-8-6-14/h10-11H,2-9H2,1H3,(H,13,15)/t10-,11-/m1/s1. The lowest BCUT2D eigenvalue weighted by Crippen LogP contribution is -2.38. The Kier molecular flexibility index (Phi) is 4.18. The maximum Gasteiger partial charge on any atom is 0.223 e. The van der Waals surface area contributed by atoms with Gasteiger partial charge in [0.05, 0.1) is 13.2 Å². The van der Waals surface area contributed by atoms with Gasteiger partial charge in [0.15, 0.2) is 0 Å². The van der Waals surface area contributed by atoms with Crippen molar-refractivity contribution in [3.05, 3.63) is 0 Å². The van der Waals surface area contributed by atoms with Crippen molar-refractivity contribution >= 4 is 5.91 Å². The van der Waals surface area contributed by atoms with Crippen LogP contribution in [0, 0.1) is 11.8 Å². The summed E-state index contributed by atoms with van der Waals surface area (Å²) < 4.78 is 5.28. The molecule has 16 heavy (non-hydrogen) atoms. The number of carbonyl (C=O) groups excluding carboxylic acids is 1. The summed E-state index contributed by atoms with van der Waals surface area (Å²) in [5.74, 6) is 1.18. The van der Waals surface area contributed by atoms with Crippen LogP contribution in [0.1, 0.15) is 19.8 Å². The van der Waals surface area contributed by atoms with E-state index in [2.05, 4.69) is 17.1 Å². The molecule has 4 heteroatoms. The van der Waals surface area contributed by atoms with Crippen molar-refractivity contribution in [1.82, 2.24) is 10.2 Å². The van der Waals surface area contributed by atoms with Gasteiger partial charge < -0.3 is 10.1 Å². The average Bonchev–Trinajstić information content (AvgIpc) is 3.03. The van der Waals surface area contributed by atoms with Gasteiger partial charge in [0.2, 0.25) is 5.91 Å². The van der Waals surface area contributed by atoms with Crippen LogP contribution in [0.5, 0.6) is 0 Å². The monoisotopic (exact) mass is 226 g/mol. The van der Waals surface area contributed by atoms with Crippen molar-refractivity contribution in [2.24, 2.45) is 11.8 Å². The summed E-state index contributed by atoms with van der Waals surface area (Å²) in [6.07, 6.45) is 2.13.